The highest BCUT2D eigenvalue weighted by Crippen LogP contribution is 2.36. The van der Waals surface area contributed by atoms with Crippen molar-refractivity contribution in [1.82, 2.24) is 5.32 Å². The SMILES string of the molecule is O=CCNC(=O)c1c(O)c2c(OC3CCCCC3)cccc2oc1=O. The average Bonchev–Trinajstić information content (AvgIpc) is 2.60. The summed E-state index contributed by atoms with van der Waals surface area (Å²) in [7, 11) is 0. The first kappa shape index (κ1) is 17.0. The van der Waals surface area contributed by atoms with Crippen molar-refractivity contribution in [2.45, 2.75) is 38.2 Å². The average molecular weight is 345 g/mol. The summed E-state index contributed by atoms with van der Waals surface area (Å²) in [6.07, 6.45) is 5.68. The van der Waals surface area contributed by atoms with E-state index in [9.17, 15) is 19.5 Å². The molecule has 7 heteroatoms. The Kier molecular flexibility index (Phi) is 5.02. The molecule has 1 saturated carbocycles. The van der Waals surface area contributed by atoms with Gasteiger partial charge in [0.15, 0.2) is 11.3 Å². The number of carbonyl (C=O) groups is 2. The zero-order valence-corrected chi connectivity index (χ0v) is 13.6. The van der Waals surface area contributed by atoms with Crippen molar-refractivity contribution < 1.29 is 23.8 Å². The molecular formula is C18H19NO6. The first-order valence-corrected chi connectivity index (χ1v) is 8.29. The lowest BCUT2D eigenvalue weighted by molar-refractivity contribution is -0.107. The molecule has 0 spiro atoms. The minimum absolute atomic E-state index is 0.0259. The van der Waals surface area contributed by atoms with Crippen LogP contribution in [0.3, 0.4) is 0 Å². The molecule has 1 amide bonds. The Bertz CT molecular complexity index is 851. The molecule has 132 valence electrons. The van der Waals surface area contributed by atoms with E-state index < -0.39 is 22.8 Å². The molecule has 25 heavy (non-hydrogen) atoms. The van der Waals surface area contributed by atoms with E-state index in [1.807, 2.05) is 0 Å². The van der Waals surface area contributed by atoms with Gasteiger partial charge in [-0.1, -0.05) is 12.5 Å². The maximum atomic E-state index is 12.1. The summed E-state index contributed by atoms with van der Waals surface area (Å²) in [5.41, 5.74) is -1.36. The van der Waals surface area contributed by atoms with Crippen LogP contribution in [-0.2, 0) is 4.79 Å². The highest BCUT2D eigenvalue weighted by Gasteiger charge is 2.24. The number of hydrogen-bond acceptors (Lipinski definition) is 6. The van der Waals surface area contributed by atoms with Gasteiger partial charge in [-0.25, -0.2) is 4.79 Å². The van der Waals surface area contributed by atoms with Crippen molar-refractivity contribution in [1.29, 1.82) is 0 Å². The Hall–Kier alpha value is -2.83. The standard InChI is InChI=1S/C18H19NO6/c20-10-9-19-17(22)15-16(21)14-12(24-11-5-2-1-3-6-11)7-4-8-13(14)25-18(15)23/h4,7-8,10-11,21H,1-3,5-6,9H2,(H,19,22). The van der Waals surface area contributed by atoms with E-state index in [1.54, 1.807) is 12.1 Å². The molecule has 1 aromatic heterocycles. The van der Waals surface area contributed by atoms with Gasteiger partial charge in [0.05, 0.1) is 12.6 Å². The summed E-state index contributed by atoms with van der Waals surface area (Å²) in [6.45, 7) is -0.268. The van der Waals surface area contributed by atoms with Gasteiger partial charge >= 0.3 is 5.63 Å². The molecule has 1 aliphatic carbocycles. The summed E-state index contributed by atoms with van der Waals surface area (Å²) in [5, 5.41) is 12.9. The van der Waals surface area contributed by atoms with Crippen LogP contribution in [0.2, 0.25) is 0 Å². The lowest BCUT2D eigenvalue weighted by atomic mass is 9.97. The van der Waals surface area contributed by atoms with Gasteiger partial charge in [0.25, 0.3) is 5.91 Å². The molecule has 1 aromatic carbocycles. The first-order valence-electron chi connectivity index (χ1n) is 8.29. The van der Waals surface area contributed by atoms with Gasteiger partial charge in [-0.05, 0) is 37.8 Å². The Labute approximate surface area is 143 Å². The molecule has 2 N–H and O–H groups in total. The number of ether oxygens (including phenoxy) is 1. The van der Waals surface area contributed by atoms with Crippen LogP contribution in [0.5, 0.6) is 11.5 Å². The maximum Gasteiger partial charge on any atom is 0.353 e. The quantitative estimate of drug-likeness (QED) is 0.635. The van der Waals surface area contributed by atoms with Crippen LogP contribution in [-0.4, -0.2) is 29.9 Å². The second-order valence-electron chi connectivity index (χ2n) is 6.00. The van der Waals surface area contributed by atoms with E-state index in [0.717, 1.165) is 25.7 Å². The molecule has 1 aliphatic rings. The van der Waals surface area contributed by atoms with Crippen molar-refractivity contribution in [3.05, 3.63) is 34.2 Å². The third kappa shape index (κ3) is 3.50. The third-order valence-corrected chi connectivity index (χ3v) is 4.29. The number of aromatic hydroxyl groups is 1. The number of nitrogens with one attached hydrogen (secondary N) is 1. The van der Waals surface area contributed by atoms with Gasteiger partial charge in [-0.3, -0.25) is 4.79 Å². The molecule has 0 aliphatic heterocycles. The summed E-state index contributed by atoms with van der Waals surface area (Å²) < 4.78 is 11.2. The maximum absolute atomic E-state index is 12.1. The van der Waals surface area contributed by atoms with Gasteiger partial charge in [0.1, 0.15) is 23.0 Å². The molecule has 7 nitrogen and oxygen atoms in total. The molecule has 1 fully saturated rings. The monoisotopic (exact) mass is 345 g/mol. The number of fused-ring (bicyclic) bond motifs is 1. The number of carbonyl (C=O) groups excluding carboxylic acids is 2. The summed E-state index contributed by atoms with van der Waals surface area (Å²) in [4.78, 5) is 34.5. The Morgan fingerprint density at radius 2 is 2.08 bits per heavy atom. The molecule has 1 heterocycles. The van der Waals surface area contributed by atoms with Crippen LogP contribution in [0, 0.1) is 0 Å². The van der Waals surface area contributed by atoms with Gasteiger partial charge in [0.2, 0.25) is 0 Å². The zero-order chi connectivity index (χ0) is 17.8. The van der Waals surface area contributed by atoms with Crippen molar-refractivity contribution >= 4 is 23.2 Å². The molecule has 3 rings (SSSR count). The van der Waals surface area contributed by atoms with Crippen LogP contribution < -0.4 is 15.7 Å². The van der Waals surface area contributed by atoms with Gasteiger partial charge in [-0.15, -0.1) is 0 Å². The lowest BCUT2D eigenvalue weighted by Crippen LogP contribution is -2.29. The summed E-state index contributed by atoms with van der Waals surface area (Å²) in [6, 6.07) is 4.86. The van der Waals surface area contributed by atoms with E-state index in [4.69, 9.17) is 9.15 Å². The number of aldehydes is 1. The molecule has 0 unspecified atom stereocenters. The van der Waals surface area contributed by atoms with E-state index in [-0.39, 0.29) is 23.6 Å². The lowest BCUT2D eigenvalue weighted by Gasteiger charge is -2.23. The zero-order valence-electron chi connectivity index (χ0n) is 13.6. The number of amides is 1. The molecule has 0 radical (unpaired) electrons. The van der Waals surface area contributed by atoms with Gasteiger partial charge < -0.3 is 24.4 Å². The van der Waals surface area contributed by atoms with Gasteiger partial charge in [-0.2, -0.15) is 0 Å². The predicted octanol–water partition coefficient (Wildman–Crippen LogP) is 2.14. The van der Waals surface area contributed by atoms with E-state index >= 15 is 0 Å². The van der Waals surface area contributed by atoms with Crippen LogP contribution in [0.15, 0.2) is 27.4 Å². The normalized spacial score (nSPS) is 15.0. The topological polar surface area (TPSA) is 106 Å². The second kappa shape index (κ2) is 7.38. The van der Waals surface area contributed by atoms with Crippen LogP contribution in [0.1, 0.15) is 42.5 Å². The first-order chi connectivity index (χ1) is 12.1. The minimum atomic E-state index is -0.969. The highest BCUT2D eigenvalue weighted by molar-refractivity contribution is 6.03. The number of hydrogen-bond donors (Lipinski definition) is 2. The molecule has 0 saturated heterocycles. The van der Waals surface area contributed by atoms with Crippen LogP contribution >= 0.6 is 0 Å². The van der Waals surface area contributed by atoms with E-state index in [2.05, 4.69) is 5.32 Å². The Morgan fingerprint density at radius 1 is 1.32 bits per heavy atom. The number of rotatable bonds is 5. The predicted molar refractivity (Wildman–Crippen MR) is 90.0 cm³/mol. The van der Waals surface area contributed by atoms with Crippen molar-refractivity contribution in [2.24, 2.45) is 0 Å². The van der Waals surface area contributed by atoms with Crippen LogP contribution in [0.4, 0.5) is 0 Å². The van der Waals surface area contributed by atoms with Gasteiger partial charge in [0, 0.05) is 0 Å². The smallest absolute Gasteiger partial charge is 0.353 e. The van der Waals surface area contributed by atoms with Crippen LogP contribution in [0.25, 0.3) is 11.0 Å². The summed E-state index contributed by atoms with van der Waals surface area (Å²) in [5.74, 6) is -0.996. The number of benzene rings is 1. The Morgan fingerprint density at radius 3 is 2.80 bits per heavy atom. The Balaban J connectivity index is 2.05. The van der Waals surface area contributed by atoms with Crippen molar-refractivity contribution in [3.8, 4) is 11.5 Å². The van der Waals surface area contributed by atoms with E-state index in [1.165, 1.54) is 12.5 Å². The molecule has 0 bridgehead atoms. The van der Waals surface area contributed by atoms with E-state index in [0.29, 0.717) is 12.0 Å². The molecular weight excluding hydrogens is 326 g/mol. The fourth-order valence-electron chi connectivity index (χ4n) is 3.09. The fourth-order valence-corrected chi connectivity index (χ4v) is 3.09. The third-order valence-electron chi connectivity index (χ3n) is 4.29. The van der Waals surface area contributed by atoms with Crippen molar-refractivity contribution in [3.63, 3.8) is 0 Å². The summed E-state index contributed by atoms with van der Waals surface area (Å²) >= 11 is 0. The largest absolute Gasteiger partial charge is 0.506 e. The minimum Gasteiger partial charge on any atom is -0.506 e. The van der Waals surface area contributed by atoms with Crippen molar-refractivity contribution in [2.75, 3.05) is 6.54 Å². The highest BCUT2D eigenvalue weighted by atomic mass is 16.5. The molecule has 2 aromatic rings. The second-order valence-corrected chi connectivity index (χ2v) is 6.00. The molecule has 0 atom stereocenters. The fraction of sp³-hybridized carbons (Fsp3) is 0.389.